The highest BCUT2D eigenvalue weighted by atomic mass is 19.3. The fourth-order valence-corrected chi connectivity index (χ4v) is 0.931. The lowest BCUT2D eigenvalue weighted by Gasteiger charge is -2.14. The molecule has 108 valence electrons. The molecule has 0 rings (SSSR count). The lowest BCUT2D eigenvalue weighted by Crippen LogP contribution is -2.43. The molecule has 0 radical (unpaired) electrons. The van der Waals surface area contributed by atoms with Crippen LogP contribution in [0.2, 0.25) is 0 Å². The van der Waals surface area contributed by atoms with E-state index in [4.69, 9.17) is 10.6 Å². The van der Waals surface area contributed by atoms with Crippen LogP contribution in [-0.2, 0) is 4.74 Å². The van der Waals surface area contributed by atoms with E-state index in [1.807, 2.05) is 12.3 Å². The topological polar surface area (TPSA) is 71.7 Å². The molecule has 0 aliphatic rings. The molecular formula is C9H18F4N4O. The number of hydrogen-bond acceptors (Lipinski definition) is 3. The first kappa shape index (κ1) is 16.9. The number of ether oxygens (including phenoxy) is 1. The summed E-state index contributed by atoms with van der Waals surface area (Å²) in [4.78, 5) is 3.25. The van der Waals surface area contributed by atoms with Crippen LogP contribution in [-0.4, -0.2) is 44.6 Å². The van der Waals surface area contributed by atoms with Crippen molar-refractivity contribution in [3.63, 3.8) is 0 Å². The molecule has 0 aromatic rings. The molecule has 0 saturated carbocycles. The number of nitrogens with one attached hydrogen (secondary N) is 2. The molecule has 0 aliphatic heterocycles. The van der Waals surface area contributed by atoms with Crippen LogP contribution in [0, 0.1) is 0 Å². The standard InChI is InChI=1S/C9H18F4N4O/c1-2-18-5-3-4-15-8(17-14)16-6-9(12,13)7(10)11/h7H,2-6,14H2,1H3,(H2,15,16,17). The Kier molecular flexibility index (Phi) is 8.38. The first-order chi connectivity index (χ1) is 8.44. The number of rotatable bonds is 8. The van der Waals surface area contributed by atoms with Crippen LogP contribution in [0.25, 0.3) is 0 Å². The molecular weight excluding hydrogens is 256 g/mol. The third kappa shape index (κ3) is 7.28. The van der Waals surface area contributed by atoms with Crippen molar-refractivity contribution in [1.82, 2.24) is 10.7 Å². The van der Waals surface area contributed by atoms with Gasteiger partial charge in [-0.2, -0.15) is 8.78 Å². The molecule has 5 nitrogen and oxygen atoms in total. The number of halogens is 4. The van der Waals surface area contributed by atoms with Crippen LogP contribution in [0.5, 0.6) is 0 Å². The number of alkyl halides is 4. The number of hydrazine groups is 1. The molecule has 0 unspecified atom stereocenters. The minimum Gasteiger partial charge on any atom is -0.382 e. The molecule has 0 aromatic carbocycles. The van der Waals surface area contributed by atoms with E-state index in [0.717, 1.165) is 0 Å². The summed E-state index contributed by atoms with van der Waals surface area (Å²) in [6.07, 6.45) is -3.14. The van der Waals surface area contributed by atoms with Gasteiger partial charge < -0.3 is 10.1 Å². The van der Waals surface area contributed by atoms with Crippen molar-refractivity contribution < 1.29 is 22.3 Å². The highest BCUT2D eigenvalue weighted by Crippen LogP contribution is 2.22. The maximum Gasteiger partial charge on any atom is 0.326 e. The smallest absolute Gasteiger partial charge is 0.326 e. The van der Waals surface area contributed by atoms with Gasteiger partial charge in [0.25, 0.3) is 0 Å². The molecule has 4 N–H and O–H groups in total. The zero-order valence-electron chi connectivity index (χ0n) is 10.1. The van der Waals surface area contributed by atoms with E-state index >= 15 is 0 Å². The molecule has 0 fully saturated rings. The van der Waals surface area contributed by atoms with Gasteiger partial charge in [0.05, 0.1) is 0 Å². The van der Waals surface area contributed by atoms with Crippen molar-refractivity contribution in [2.75, 3.05) is 26.3 Å². The Morgan fingerprint density at radius 1 is 1.44 bits per heavy atom. The van der Waals surface area contributed by atoms with Crippen molar-refractivity contribution in [3.05, 3.63) is 0 Å². The van der Waals surface area contributed by atoms with Crippen LogP contribution in [0.15, 0.2) is 4.99 Å². The van der Waals surface area contributed by atoms with Gasteiger partial charge in [0, 0.05) is 19.8 Å². The minimum absolute atomic E-state index is 0.160. The fourth-order valence-electron chi connectivity index (χ4n) is 0.931. The van der Waals surface area contributed by atoms with Gasteiger partial charge in [-0.1, -0.05) is 0 Å². The molecule has 9 heteroatoms. The minimum atomic E-state index is -4.16. The molecule has 0 atom stereocenters. The summed E-state index contributed by atoms with van der Waals surface area (Å²) in [6, 6.07) is 0. The van der Waals surface area contributed by atoms with Crippen LogP contribution in [0.1, 0.15) is 13.3 Å². The van der Waals surface area contributed by atoms with Crippen LogP contribution in [0.4, 0.5) is 17.6 Å². The molecule has 0 heterocycles. The second-order valence-electron chi connectivity index (χ2n) is 3.35. The Hall–Kier alpha value is -1.09. The van der Waals surface area contributed by atoms with E-state index in [2.05, 4.69) is 10.3 Å². The number of aliphatic imine (C=N–C) groups is 1. The number of hydrogen-bond donors (Lipinski definition) is 3. The van der Waals surface area contributed by atoms with Gasteiger partial charge in [-0.05, 0) is 13.3 Å². The third-order valence-electron chi connectivity index (χ3n) is 1.87. The zero-order valence-corrected chi connectivity index (χ0v) is 10.1. The average Bonchev–Trinajstić information content (AvgIpc) is 2.32. The summed E-state index contributed by atoms with van der Waals surface area (Å²) in [5.74, 6) is 0.694. The number of guanidine groups is 1. The first-order valence-electron chi connectivity index (χ1n) is 5.42. The summed E-state index contributed by atoms with van der Waals surface area (Å²) in [5.41, 5.74) is 2.02. The molecule has 18 heavy (non-hydrogen) atoms. The second kappa shape index (κ2) is 8.92. The fraction of sp³-hybridized carbons (Fsp3) is 0.889. The van der Waals surface area contributed by atoms with Gasteiger partial charge in [-0.15, -0.1) is 0 Å². The van der Waals surface area contributed by atoms with Crippen molar-refractivity contribution in [1.29, 1.82) is 0 Å². The van der Waals surface area contributed by atoms with E-state index in [-0.39, 0.29) is 5.96 Å². The monoisotopic (exact) mass is 274 g/mol. The SMILES string of the molecule is CCOCCCNC(=NCC(F)(F)C(F)F)NN. The summed E-state index contributed by atoms with van der Waals surface area (Å²) >= 11 is 0. The lowest BCUT2D eigenvalue weighted by atomic mass is 10.3. The highest BCUT2D eigenvalue weighted by molar-refractivity contribution is 5.79. The van der Waals surface area contributed by atoms with Crippen LogP contribution >= 0.6 is 0 Å². The van der Waals surface area contributed by atoms with Gasteiger partial charge in [-0.3, -0.25) is 5.43 Å². The van der Waals surface area contributed by atoms with Crippen LogP contribution < -0.4 is 16.6 Å². The average molecular weight is 274 g/mol. The van der Waals surface area contributed by atoms with Crippen molar-refractivity contribution in [3.8, 4) is 0 Å². The summed E-state index contributed by atoms with van der Waals surface area (Å²) < 4.78 is 53.9. The quantitative estimate of drug-likeness (QED) is 0.152. The normalized spacial score (nSPS) is 12.9. The molecule has 0 aliphatic carbocycles. The Morgan fingerprint density at radius 3 is 2.61 bits per heavy atom. The number of nitrogens with two attached hydrogens (primary N) is 1. The summed E-state index contributed by atoms with van der Waals surface area (Å²) in [5, 5.41) is 2.60. The van der Waals surface area contributed by atoms with Gasteiger partial charge in [0.1, 0.15) is 6.54 Å². The predicted octanol–water partition coefficient (Wildman–Crippen LogP) is 0.722. The van der Waals surface area contributed by atoms with Crippen molar-refractivity contribution in [2.45, 2.75) is 25.7 Å². The maximum atomic E-state index is 12.6. The van der Waals surface area contributed by atoms with E-state index < -0.39 is 18.9 Å². The molecule has 0 bridgehead atoms. The Morgan fingerprint density at radius 2 is 2.11 bits per heavy atom. The second-order valence-corrected chi connectivity index (χ2v) is 3.35. The largest absolute Gasteiger partial charge is 0.382 e. The molecule has 0 saturated heterocycles. The van der Waals surface area contributed by atoms with E-state index in [1.54, 1.807) is 0 Å². The first-order valence-corrected chi connectivity index (χ1v) is 5.42. The van der Waals surface area contributed by atoms with E-state index in [1.165, 1.54) is 0 Å². The summed E-state index contributed by atoms with van der Waals surface area (Å²) in [7, 11) is 0. The van der Waals surface area contributed by atoms with Gasteiger partial charge in [0.2, 0.25) is 5.96 Å². The Bertz CT molecular complexity index is 251. The Labute approximate surface area is 103 Å². The van der Waals surface area contributed by atoms with E-state index in [0.29, 0.717) is 26.2 Å². The maximum absolute atomic E-state index is 12.6. The number of nitrogens with zero attached hydrogens (tertiary/aromatic N) is 1. The van der Waals surface area contributed by atoms with E-state index in [9.17, 15) is 17.6 Å². The van der Waals surface area contributed by atoms with Crippen molar-refractivity contribution in [2.24, 2.45) is 10.8 Å². The molecule has 0 spiro atoms. The Balaban J connectivity index is 4.01. The van der Waals surface area contributed by atoms with Gasteiger partial charge in [-0.25, -0.2) is 19.6 Å². The van der Waals surface area contributed by atoms with Crippen LogP contribution in [0.3, 0.4) is 0 Å². The predicted molar refractivity (Wildman–Crippen MR) is 59.7 cm³/mol. The molecule has 0 aromatic heterocycles. The summed E-state index contributed by atoms with van der Waals surface area (Å²) in [6.45, 7) is 1.96. The highest BCUT2D eigenvalue weighted by Gasteiger charge is 2.40. The zero-order chi connectivity index (χ0) is 14.0. The molecule has 0 amide bonds. The van der Waals surface area contributed by atoms with Gasteiger partial charge >= 0.3 is 12.3 Å². The van der Waals surface area contributed by atoms with Gasteiger partial charge in [0.15, 0.2) is 0 Å². The lowest BCUT2D eigenvalue weighted by molar-refractivity contribution is -0.120. The van der Waals surface area contributed by atoms with Crippen molar-refractivity contribution >= 4 is 5.96 Å². The third-order valence-corrected chi connectivity index (χ3v) is 1.87.